The molecule has 0 bridgehead atoms. The van der Waals surface area contributed by atoms with Crippen LogP contribution in [0.3, 0.4) is 0 Å². The summed E-state index contributed by atoms with van der Waals surface area (Å²) in [6.45, 7) is 0.826. The summed E-state index contributed by atoms with van der Waals surface area (Å²) < 4.78 is 0. The molecule has 100 valence electrons. The molecule has 3 aliphatic rings. The monoisotopic (exact) mass is 250 g/mol. The van der Waals surface area contributed by atoms with Crippen molar-refractivity contribution >= 4 is 11.8 Å². The van der Waals surface area contributed by atoms with E-state index >= 15 is 0 Å². The standard InChI is InChI=1S/C14H22N2O2/c17-13-6-2-1-4-11(13)12-5-3-9-16(12)14(18)15-10-7-8-10/h10-12H,1-9H2,(H,15,18). The molecule has 18 heavy (non-hydrogen) atoms. The van der Waals surface area contributed by atoms with Gasteiger partial charge in [-0.3, -0.25) is 4.79 Å². The molecule has 2 unspecified atom stereocenters. The van der Waals surface area contributed by atoms with E-state index in [2.05, 4.69) is 5.32 Å². The van der Waals surface area contributed by atoms with Gasteiger partial charge in [-0.1, -0.05) is 6.42 Å². The molecule has 4 heteroatoms. The van der Waals surface area contributed by atoms with E-state index in [9.17, 15) is 9.59 Å². The summed E-state index contributed by atoms with van der Waals surface area (Å²) in [4.78, 5) is 26.1. The number of carbonyl (C=O) groups excluding carboxylic acids is 2. The summed E-state index contributed by atoms with van der Waals surface area (Å²) in [6, 6.07) is 0.649. The second kappa shape index (κ2) is 4.90. The highest BCUT2D eigenvalue weighted by molar-refractivity contribution is 5.83. The van der Waals surface area contributed by atoms with Gasteiger partial charge in [0.15, 0.2) is 0 Å². The summed E-state index contributed by atoms with van der Waals surface area (Å²) in [5.41, 5.74) is 0. The van der Waals surface area contributed by atoms with Crippen LogP contribution < -0.4 is 5.32 Å². The third-order valence-electron chi connectivity index (χ3n) is 4.53. The second-order valence-corrected chi connectivity index (χ2v) is 5.95. The van der Waals surface area contributed by atoms with Gasteiger partial charge in [-0.15, -0.1) is 0 Å². The Kier molecular flexibility index (Phi) is 3.27. The maximum Gasteiger partial charge on any atom is 0.317 e. The molecule has 3 fully saturated rings. The lowest BCUT2D eigenvalue weighted by Gasteiger charge is -2.33. The van der Waals surface area contributed by atoms with E-state index in [1.807, 2.05) is 4.90 Å². The van der Waals surface area contributed by atoms with Crippen molar-refractivity contribution in [2.24, 2.45) is 5.92 Å². The Hall–Kier alpha value is -1.06. The van der Waals surface area contributed by atoms with Gasteiger partial charge in [0.25, 0.3) is 0 Å². The molecule has 1 N–H and O–H groups in total. The quantitative estimate of drug-likeness (QED) is 0.815. The van der Waals surface area contributed by atoms with Gasteiger partial charge < -0.3 is 10.2 Å². The molecule has 4 nitrogen and oxygen atoms in total. The highest BCUT2D eigenvalue weighted by Crippen LogP contribution is 2.32. The molecule has 1 aliphatic heterocycles. The molecule has 0 aromatic carbocycles. The first-order valence-corrected chi connectivity index (χ1v) is 7.35. The van der Waals surface area contributed by atoms with Crippen LogP contribution in [0.1, 0.15) is 51.4 Å². The van der Waals surface area contributed by atoms with Crippen LogP contribution in [0.15, 0.2) is 0 Å². The minimum absolute atomic E-state index is 0.0679. The van der Waals surface area contributed by atoms with E-state index < -0.39 is 0 Å². The fourth-order valence-corrected chi connectivity index (χ4v) is 3.37. The number of hydrogen-bond donors (Lipinski definition) is 1. The van der Waals surface area contributed by atoms with Crippen molar-refractivity contribution in [1.29, 1.82) is 0 Å². The lowest BCUT2D eigenvalue weighted by molar-refractivity contribution is -0.126. The van der Waals surface area contributed by atoms with Gasteiger partial charge in [0.1, 0.15) is 5.78 Å². The van der Waals surface area contributed by atoms with Crippen molar-refractivity contribution in [3.05, 3.63) is 0 Å². The van der Waals surface area contributed by atoms with Gasteiger partial charge in [-0.25, -0.2) is 4.79 Å². The van der Waals surface area contributed by atoms with E-state index in [1.165, 1.54) is 0 Å². The van der Waals surface area contributed by atoms with Crippen LogP contribution in [0.5, 0.6) is 0 Å². The van der Waals surface area contributed by atoms with E-state index in [0.717, 1.165) is 57.9 Å². The van der Waals surface area contributed by atoms with Crippen LogP contribution in [-0.4, -0.2) is 35.3 Å². The molecule has 0 aromatic rings. The molecule has 0 radical (unpaired) electrons. The first-order chi connectivity index (χ1) is 8.75. The Balaban J connectivity index is 1.65. The van der Waals surface area contributed by atoms with Crippen LogP contribution in [0.4, 0.5) is 4.79 Å². The van der Waals surface area contributed by atoms with Gasteiger partial charge in [-0.2, -0.15) is 0 Å². The van der Waals surface area contributed by atoms with Crippen LogP contribution in [0.25, 0.3) is 0 Å². The summed E-state index contributed by atoms with van der Waals surface area (Å²) in [5.74, 6) is 0.503. The SMILES string of the molecule is O=C1CCCCC1C1CCCN1C(=O)NC1CC1. The maximum atomic E-state index is 12.2. The molecule has 3 rings (SSSR count). The van der Waals surface area contributed by atoms with Crippen molar-refractivity contribution in [1.82, 2.24) is 10.2 Å². The van der Waals surface area contributed by atoms with Crippen LogP contribution in [0.2, 0.25) is 0 Å². The maximum absolute atomic E-state index is 12.2. The molecule has 1 saturated heterocycles. The molecule has 2 aliphatic carbocycles. The van der Waals surface area contributed by atoms with Crippen LogP contribution in [-0.2, 0) is 4.79 Å². The summed E-state index contributed by atoms with van der Waals surface area (Å²) in [6.07, 6.45) is 8.18. The molecular formula is C14H22N2O2. The number of hydrogen-bond acceptors (Lipinski definition) is 2. The summed E-state index contributed by atoms with van der Waals surface area (Å²) >= 11 is 0. The Morgan fingerprint density at radius 3 is 2.67 bits per heavy atom. The number of ketones is 1. The molecule has 0 spiro atoms. The number of amides is 2. The zero-order valence-corrected chi connectivity index (χ0v) is 10.9. The third kappa shape index (κ3) is 2.38. The largest absolute Gasteiger partial charge is 0.335 e. The number of likely N-dealkylation sites (tertiary alicyclic amines) is 1. The predicted octanol–water partition coefficient (Wildman–Crippen LogP) is 2.08. The molecule has 1 heterocycles. The summed E-state index contributed by atoms with van der Waals surface area (Å²) in [5, 5.41) is 3.06. The molecule has 2 saturated carbocycles. The average molecular weight is 250 g/mol. The number of rotatable bonds is 2. The normalized spacial score (nSPS) is 32.7. The third-order valence-corrected chi connectivity index (χ3v) is 4.53. The van der Waals surface area contributed by atoms with Crippen molar-refractivity contribution in [2.45, 2.75) is 63.5 Å². The Morgan fingerprint density at radius 1 is 1.11 bits per heavy atom. The zero-order valence-electron chi connectivity index (χ0n) is 10.9. The van der Waals surface area contributed by atoms with Gasteiger partial charge in [0, 0.05) is 31.0 Å². The van der Waals surface area contributed by atoms with Crippen LogP contribution in [0, 0.1) is 5.92 Å². The minimum Gasteiger partial charge on any atom is -0.335 e. The van der Waals surface area contributed by atoms with E-state index in [0.29, 0.717) is 11.8 Å². The number of carbonyl (C=O) groups is 2. The first-order valence-electron chi connectivity index (χ1n) is 7.35. The highest BCUT2D eigenvalue weighted by atomic mass is 16.2. The van der Waals surface area contributed by atoms with Crippen LogP contribution >= 0.6 is 0 Å². The highest BCUT2D eigenvalue weighted by Gasteiger charge is 2.39. The van der Waals surface area contributed by atoms with Crippen molar-refractivity contribution in [3.8, 4) is 0 Å². The zero-order chi connectivity index (χ0) is 12.5. The van der Waals surface area contributed by atoms with Crippen molar-refractivity contribution in [2.75, 3.05) is 6.54 Å². The smallest absolute Gasteiger partial charge is 0.317 e. The van der Waals surface area contributed by atoms with Gasteiger partial charge in [-0.05, 0) is 38.5 Å². The van der Waals surface area contributed by atoms with Gasteiger partial charge in [0.2, 0.25) is 0 Å². The lowest BCUT2D eigenvalue weighted by atomic mass is 9.82. The fraction of sp³-hybridized carbons (Fsp3) is 0.857. The molecular weight excluding hydrogens is 228 g/mol. The Bertz CT molecular complexity index is 352. The average Bonchev–Trinajstić information content (AvgIpc) is 3.04. The Labute approximate surface area is 108 Å². The number of nitrogens with one attached hydrogen (secondary N) is 1. The Morgan fingerprint density at radius 2 is 1.94 bits per heavy atom. The molecule has 2 amide bonds. The van der Waals surface area contributed by atoms with E-state index in [-0.39, 0.29) is 18.0 Å². The topological polar surface area (TPSA) is 49.4 Å². The lowest BCUT2D eigenvalue weighted by Crippen LogP contribution is -2.48. The second-order valence-electron chi connectivity index (χ2n) is 5.95. The summed E-state index contributed by atoms with van der Waals surface area (Å²) in [7, 11) is 0. The predicted molar refractivity (Wildman–Crippen MR) is 68.2 cm³/mol. The minimum atomic E-state index is 0.0679. The van der Waals surface area contributed by atoms with Gasteiger partial charge in [0.05, 0.1) is 0 Å². The molecule has 0 aromatic heterocycles. The van der Waals surface area contributed by atoms with Crippen molar-refractivity contribution in [3.63, 3.8) is 0 Å². The van der Waals surface area contributed by atoms with E-state index in [4.69, 9.17) is 0 Å². The molecule has 2 atom stereocenters. The first kappa shape index (κ1) is 12.0. The van der Waals surface area contributed by atoms with E-state index in [1.54, 1.807) is 0 Å². The fourth-order valence-electron chi connectivity index (χ4n) is 3.37. The number of urea groups is 1. The number of Topliss-reactive ketones (excluding diaryl/α,β-unsaturated/α-hetero) is 1. The van der Waals surface area contributed by atoms with Gasteiger partial charge >= 0.3 is 6.03 Å². The number of nitrogens with zero attached hydrogens (tertiary/aromatic N) is 1. The van der Waals surface area contributed by atoms with Crippen molar-refractivity contribution < 1.29 is 9.59 Å².